The summed E-state index contributed by atoms with van der Waals surface area (Å²) >= 11 is 1.49. The van der Waals surface area contributed by atoms with Gasteiger partial charge in [0.1, 0.15) is 24.2 Å². The molecule has 0 saturated carbocycles. The Kier molecular flexibility index (Phi) is 19.2. The highest BCUT2D eigenvalue weighted by molar-refractivity contribution is 7.98. The second-order valence-electron chi connectivity index (χ2n) is 12.5. The van der Waals surface area contributed by atoms with Crippen LogP contribution in [0.15, 0.2) is 0 Å². The number of nitrogens with zero attached hydrogens (tertiary/aromatic N) is 3. The summed E-state index contributed by atoms with van der Waals surface area (Å²) in [7, 11) is 4.48. The molecule has 5 atom stereocenters. The first-order valence-electron chi connectivity index (χ1n) is 15.7. The summed E-state index contributed by atoms with van der Waals surface area (Å²) < 4.78 is 0. The summed E-state index contributed by atoms with van der Waals surface area (Å²) in [5.74, 6) is -3.50. The fourth-order valence-corrected chi connectivity index (χ4v) is 5.51. The Morgan fingerprint density at radius 3 is 1.78 bits per heavy atom. The molecule has 0 aromatic rings. The van der Waals surface area contributed by atoms with Crippen LogP contribution in [-0.4, -0.2) is 126 Å². The second-order valence-corrected chi connectivity index (χ2v) is 13.5. The molecule has 0 unspecified atom stereocenters. The van der Waals surface area contributed by atoms with Crippen LogP contribution in [0.25, 0.3) is 0 Å². The fourth-order valence-electron chi connectivity index (χ4n) is 5.04. The first-order valence-corrected chi connectivity index (χ1v) is 17.1. The van der Waals surface area contributed by atoms with Crippen molar-refractivity contribution in [3.05, 3.63) is 0 Å². The molecule has 0 heterocycles. The smallest absolute Gasteiger partial charge is 0.245 e. The summed E-state index contributed by atoms with van der Waals surface area (Å²) in [6.45, 7) is 11.7. The van der Waals surface area contributed by atoms with Gasteiger partial charge in [-0.15, -0.1) is 0 Å². The van der Waals surface area contributed by atoms with Crippen molar-refractivity contribution in [2.75, 3.05) is 46.2 Å². The summed E-state index contributed by atoms with van der Waals surface area (Å²) in [4.78, 5) is 93.7. The van der Waals surface area contributed by atoms with E-state index >= 15 is 0 Å². The molecule has 15 heteroatoms. The molecule has 0 radical (unpaired) electrons. The number of amides is 7. The molecule has 7 amide bonds. The highest BCUT2D eigenvalue weighted by atomic mass is 32.2. The quantitative estimate of drug-likeness (QED) is 0.141. The molecule has 0 aliphatic heterocycles. The van der Waals surface area contributed by atoms with Crippen LogP contribution in [0.4, 0.5) is 0 Å². The van der Waals surface area contributed by atoms with Gasteiger partial charge in [-0.2, -0.15) is 11.8 Å². The largest absolute Gasteiger partial charge is 0.368 e. The molecule has 46 heavy (non-hydrogen) atoms. The number of thioether (sulfide) groups is 1. The first-order chi connectivity index (χ1) is 21.3. The van der Waals surface area contributed by atoms with E-state index in [-0.39, 0.29) is 49.6 Å². The van der Waals surface area contributed by atoms with Gasteiger partial charge in [-0.1, -0.05) is 48.0 Å². The van der Waals surface area contributed by atoms with E-state index in [1.807, 2.05) is 34.0 Å². The molecular formula is C31H57N7O7S. The van der Waals surface area contributed by atoms with E-state index in [0.29, 0.717) is 12.2 Å². The molecule has 264 valence electrons. The van der Waals surface area contributed by atoms with Gasteiger partial charge < -0.3 is 36.4 Å². The standard InChI is InChI=1S/C31H57N7O7S/c1-12-20(6)27(36(8)21(7)39)30(44)34-17-25(41)37(9)23(15-18(2)3)28(42)35-22(13-14-46-11)31(45)38(10)26(19(4)5)29(43)33-16-24(32)40/h18-20,22-23,26-27H,12-17H2,1-11H3,(H2,32,40)(H,33,43)(H,34,44)(H,35,42)/t20-,22-,23-,26-,27-/m0/s1. The van der Waals surface area contributed by atoms with Gasteiger partial charge in [0, 0.05) is 28.1 Å². The molecule has 5 N–H and O–H groups in total. The summed E-state index contributed by atoms with van der Waals surface area (Å²) in [6.07, 6.45) is 3.06. The lowest BCUT2D eigenvalue weighted by atomic mass is 9.97. The van der Waals surface area contributed by atoms with Crippen molar-refractivity contribution >= 4 is 53.1 Å². The number of carbonyl (C=O) groups excluding carboxylic acids is 7. The van der Waals surface area contributed by atoms with Crippen LogP contribution >= 0.6 is 11.8 Å². The van der Waals surface area contributed by atoms with Gasteiger partial charge in [-0.25, -0.2) is 0 Å². The van der Waals surface area contributed by atoms with Crippen molar-refractivity contribution in [2.24, 2.45) is 23.5 Å². The lowest BCUT2D eigenvalue weighted by molar-refractivity contribution is -0.145. The highest BCUT2D eigenvalue weighted by Gasteiger charge is 2.36. The number of rotatable bonds is 20. The molecule has 0 aliphatic rings. The Morgan fingerprint density at radius 1 is 0.783 bits per heavy atom. The van der Waals surface area contributed by atoms with E-state index in [2.05, 4.69) is 16.0 Å². The number of nitrogens with one attached hydrogen (secondary N) is 3. The summed E-state index contributed by atoms with van der Waals surface area (Å²) in [6, 6.07) is -3.64. The molecule has 0 aliphatic carbocycles. The maximum absolute atomic E-state index is 13.7. The lowest BCUT2D eigenvalue weighted by Crippen LogP contribution is -2.59. The zero-order chi connectivity index (χ0) is 35.9. The van der Waals surface area contributed by atoms with Crippen LogP contribution in [0.3, 0.4) is 0 Å². The minimum atomic E-state index is -0.994. The normalized spacial score (nSPS) is 14.4. The van der Waals surface area contributed by atoms with Gasteiger partial charge in [0.15, 0.2) is 0 Å². The van der Waals surface area contributed by atoms with Crippen LogP contribution in [0, 0.1) is 17.8 Å². The minimum Gasteiger partial charge on any atom is -0.368 e. The van der Waals surface area contributed by atoms with E-state index in [1.54, 1.807) is 20.9 Å². The average molecular weight is 672 g/mol. The van der Waals surface area contributed by atoms with Gasteiger partial charge in [-0.05, 0) is 42.6 Å². The fraction of sp³-hybridized carbons (Fsp3) is 0.774. The van der Waals surface area contributed by atoms with Crippen LogP contribution in [0.2, 0.25) is 0 Å². The maximum Gasteiger partial charge on any atom is 0.245 e. The first kappa shape index (κ1) is 42.6. The number of nitrogens with two attached hydrogens (primary N) is 1. The van der Waals surface area contributed by atoms with E-state index in [0.717, 1.165) is 0 Å². The average Bonchev–Trinajstić information content (AvgIpc) is 2.98. The lowest BCUT2D eigenvalue weighted by Gasteiger charge is -2.34. The van der Waals surface area contributed by atoms with Crippen molar-refractivity contribution in [3.63, 3.8) is 0 Å². The van der Waals surface area contributed by atoms with Crippen LogP contribution in [0.1, 0.15) is 67.7 Å². The molecule has 0 aromatic heterocycles. The Balaban J connectivity index is 6.01. The van der Waals surface area contributed by atoms with Gasteiger partial charge in [0.2, 0.25) is 41.4 Å². The van der Waals surface area contributed by atoms with Crippen LogP contribution in [-0.2, 0) is 33.6 Å². The van der Waals surface area contributed by atoms with E-state index in [4.69, 9.17) is 5.73 Å². The van der Waals surface area contributed by atoms with Crippen molar-refractivity contribution in [2.45, 2.75) is 91.9 Å². The zero-order valence-electron chi connectivity index (χ0n) is 29.5. The Morgan fingerprint density at radius 2 is 1.33 bits per heavy atom. The second kappa shape index (κ2) is 20.7. The maximum atomic E-state index is 13.7. The molecule has 0 aromatic carbocycles. The third-order valence-electron chi connectivity index (χ3n) is 7.96. The Labute approximate surface area is 278 Å². The van der Waals surface area contributed by atoms with Crippen LogP contribution in [0.5, 0.6) is 0 Å². The number of hydrogen-bond donors (Lipinski definition) is 4. The SMILES string of the molecule is CC[C@H](C)[C@@H](C(=O)NCC(=O)N(C)[C@@H](CC(C)C)C(=O)N[C@@H](CCSC)C(=O)N(C)[C@H](C(=O)NCC(N)=O)C(C)C)N(C)C(C)=O. The Hall–Kier alpha value is -3.36. The summed E-state index contributed by atoms with van der Waals surface area (Å²) in [5, 5.41) is 7.89. The predicted octanol–water partition coefficient (Wildman–Crippen LogP) is 0.191. The number of hydrogen-bond acceptors (Lipinski definition) is 8. The zero-order valence-corrected chi connectivity index (χ0v) is 30.3. The van der Waals surface area contributed by atoms with E-state index in [9.17, 15) is 33.6 Å². The third kappa shape index (κ3) is 13.6. The molecule has 0 fully saturated rings. The topological polar surface area (TPSA) is 191 Å². The molecule has 0 spiro atoms. The highest BCUT2D eigenvalue weighted by Crippen LogP contribution is 2.17. The number of primary amides is 1. The molecule has 14 nitrogen and oxygen atoms in total. The minimum absolute atomic E-state index is 0.00175. The molecule has 0 rings (SSSR count). The molecular weight excluding hydrogens is 614 g/mol. The summed E-state index contributed by atoms with van der Waals surface area (Å²) in [5.41, 5.74) is 5.16. The van der Waals surface area contributed by atoms with Crippen molar-refractivity contribution < 1.29 is 33.6 Å². The van der Waals surface area contributed by atoms with E-state index in [1.165, 1.54) is 47.5 Å². The number of carbonyl (C=O) groups is 7. The van der Waals surface area contributed by atoms with Gasteiger partial charge >= 0.3 is 0 Å². The van der Waals surface area contributed by atoms with Crippen molar-refractivity contribution in [1.29, 1.82) is 0 Å². The predicted molar refractivity (Wildman–Crippen MR) is 179 cm³/mol. The van der Waals surface area contributed by atoms with Gasteiger partial charge in [-0.3, -0.25) is 33.6 Å². The van der Waals surface area contributed by atoms with Gasteiger partial charge in [0.05, 0.1) is 13.1 Å². The third-order valence-corrected chi connectivity index (χ3v) is 8.61. The molecule has 0 bridgehead atoms. The number of likely N-dealkylation sites (N-methyl/N-ethyl adjacent to an activating group) is 3. The van der Waals surface area contributed by atoms with Crippen molar-refractivity contribution in [3.8, 4) is 0 Å². The Bertz CT molecular complexity index is 1070. The van der Waals surface area contributed by atoms with Gasteiger partial charge in [0.25, 0.3) is 0 Å². The van der Waals surface area contributed by atoms with E-state index < -0.39 is 59.6 Å². The van der Waals surface area contributed by atoms with Crippen LogP contribution < -0.4 is 21.7 Å². The van der Waals surface area contributed by atoms with Crippen molar-refractivity contribution in [1.82, 2.24) is 30.7 Å². The molecule has 0 saturated heterocycles. The monoisotopic (exact) mass is 671 g/mol.